The Balaban J connectivity index is 2.40. The van der Waals surface area contributed by atoms with E-state index in [1.54, 1.807) is 11.3 Å². The summed E-state index contributed by atoms with van der Waals surface area (Å²) in [6.45, 7) is 4.13. The molecule has 1 unspecified atom stereocenters. The van der Waals surface area contributed by atoms with Crippen LogP contribution in [0.5, 0.6) is 0 Å². The molecule has 1 atom stereocenters. The number of hydrogen-bond donors (Lipinski definition) is 2. The summed E-state index contributed by atoms with van der Waals surface area (Å²) in [4.78, 5) is 5.45. The van der Waals surface area contributed by atoms with Gasteiger partial charge < -0.3 is 0 Å². The Morgan fingerprint density at radius 2 is 2.19 bits per heavy atom. The average Bonchev–Trinajstić information content (AvgIpc) is 2.67. The van der Waals surface area contributed by atoms with Gasteiger partial charge in [0.2, 0.25) is 0 Å². The Labute approximate surface area is 99.3 Å². The first-order valence-corrected chi connectivity index (χ1v) is 6.02. The fraction of sp³-hybridized carbons (Fsp3) is 0.250. The Kier molecular flexibility index (Phi) is 3.33. The Hall–Kier alpha value is -1.23. The number of nitrogens with zero attached hydrogens (tertiary/aromatic N) is 1. The molecule has 2 aromatic rings. The van der Waals surface area contributed by atoms with Gasteiger partial charge in [0.25, 0.3) is 0 Å². The van der Waals surface area contributed by atoms with Crippen LogP contribution in [0.25, 0.3) is 0 Å². The van der Waals surface area contributed by atoms with Crippen molar-refractivity contribution in [2.45, 2.75) is 19.9 Å². The molecule has 2 rings (SSSR count). The van der Waals surface area contributed by atoms with Gasteiger partial charge in [-0.15, -0.1) is 11.3 Å². The Morgan fingerprint density at radius 1 is 1.38 bits per heavy atom. The largest absolute Gasteiger partial charge is 0.271 e. The lowest BCUT2D eigenvalue weighted by Crippen LogP contribution is -2.28. The summed E-state index contributed by atoms with van der Waals surface area (Å²) in [6.07, 6.45) is 3.70. The Morgan fingerprint density at radius 3 is 2.75 bits per heavy atom. The predicted octanol–water partition coefficient (Wildman–Crippen LogP) is 2.31. The van der Waals surface area contributed by atoms with Crippen LogP contribution >= 0.6 is 11.3 Å². The van der Waals surface area contributed by atoms with Gasteiger partial charge in [-0.25, -0.2) is 5.43 Å². The van der Waals surface area contributed by atoms with Crippen LogP contribution in [0.2, 0.25) is 0 Å². The third-order valence-electron chi connectivity index (χ3n) is 2.56. The maximum atomic E-state index is 5.64. The molecule has 0 aliphatic carbocycles. The van der Waals surface area contributed by atoms with E-state index in [9.17, 15) is 0 Å². The molecule has 2 aromatic heterocycles. The van der Waals surface area contributed by atoms with Crippen molar-refractivity contribution >= 4 is 11.3 Å². The van der Waals surface area contributed by atoms with Gasteiger partial charge in [0.05, 0.1) is 6.04 Å². The monoisotopic (exact) mass is 233 g/mol. The number of pyridine rings is 1. The van der Waals surface area contributed by atoms with Gasteiger partial charge in [-0.2, -0.15) is 0 Å². The van der Waals surface area contributed by atoms with Crippen molar-refractivity contribution in [3.8, 4) is 0 Å². The highest BCUT2D eigenvalue weighted by Gasteiger charge is 2.16. The third kappa shape index (κ3) is 2.14. The molecule has 0 amide bonds. The van der Waals surface area contributed by atoms with Crippen molar-refractivity contribution < 1.29 is 0 Å². The maximum absolute atomic E-state index is 5.64. The molecule has 84 valence electrons. The molecular weight excluding hydrogens is 218 g/mol. The molecule has 3 nitrogen and oxygen atoms in total. The number of hydrazine groups is 1. The lowest BCUT2D eigenvalue weighted by molar-refractivity contribution is 0.641. The quantitative estimate of drug-likeness (QED) is 0.632. The van der Waals surface area contributed by atoms with Crippen molar-refractivity contribution in [3.05, 3.63) is 51.5 Å². The van der Waals surface area contributed by atoms with Crippen LogP contribution in [0, 0.1) is 13.8 Å². The molecule has 3 N–H and O–H groups in total. The van der Waals surface area contributed by atoms with Gasteiger partial charge >= 0.3 is 0 Å². The summed E-state index contributed by atoms with van der Waals surface area (Å²) >= 11 is 1.71. The van der Waals surface area contributed by atoms with E-state index in [1.807, 2.05) is 19.3 Å². The van der Waals surface area contributed by atoms with Crippen molar-refractivity contribution in [2.24, 2.45) is 5.84 Å². The summed E-state index contributed by atoms with van der Waals surface area (Å²) < 4.78 is 0. The van der Waals surface area contributed by atoms with Gasteiger partial charge in [0.1, 0.15) is 0 Å². The minimum absolute atomic E-state index is 0.0346. The van der Waals surface area contributed by atoms with Crippen molar-refractivity contribution in [1.82, 2.24) is 10.4 Å². The smallest absolute Gasteiger partial charge is 0.0820 e. The number of aromatic nitrogens is 1. The molecule has 0 saturated carbocycles. The van der Waals surface area contributed by atoms with E-state index in [0.717, 1.165) is 11.1 Å². The second-order valence-electron chi connectivity index (χ2n) is 3.86. The molecule has 0 aliphatic heterocycles. The van der Waals surface area contributed by atoms with Crippen LogP contribution in [-0.4, -0.2) is 4.98 Å². The van der Waals surface area contributed by atoms with Crippen LogP contribution in [-0.2, 0) is 0 Å². The van der Waals surface area contributed by atoms with E-state index in [1.165, 1.54) is 10.4 Å². The summed E-state index contributed by atoms with van der Waals surface area (Å²) in [5.41, 5.74) is 6.37. The van der Waals surface area contributed by atoms with E-state index in [4.69, 9.17) is 5.84 Å². The van der Waals surface area contributed by atoms with Crippen molar-refractivity contribution in [3.63, 3.8) is 0 Å². The highest BCUT2D eigenvalue weighted by Crippen LogP contribution is 2.28. The van der Waals surface area contributed by atoms with E-state index in [0.29, 0.717) is 0 Å². The molecule has 0 aromatic carbocycles. The number of nitrogens with two attached hydrogens (primary N) is 1. The normalized spacial score (nSPS) is 12.7. The Bertz CT molecular complexity index is 479. The second kappa shape index (κ2) is 4.74. The maximum Gasteiger partial charge on any atom is 0.0820 e. The number of nitrogens with one attached hydrogen (secondary N) is 1. The first-order valence-electron chi connectivity index (χ1n) is 5.14. The third-order valence-corrected chi connectivity index (χ3v) is 3.64. The van der Waals surface area contributed by atoms with Crippen molar-refractivity contribution in [1.29, 1.82) is 0 Å². The van der Waals surface area contributed by atoms with Gasteiger partial charge in [0.15, 0.2) is 0 Å². The van der Waals surface area contributed by atoms with Crippen LogP contribution in [0.4, 0.5) is 0 Å². The molecule has 4 heteroatoms. The SMILES string of the molecule is Cc1cncc(C(NN)c2sccc2C)c1. The first-order chi connectivity index (χ1) is 7.72. The summed E-state index contributed by atoms with van der Waals surface area (Å²) in [5.74, 6) is 5.64. The molecule has 0 radical (unpaired) electrons. The molecule has 0 aliphatic rings. The van der Waals surface area contributed by atoms with E-state index < -0.39 is 0 Å². The highest BCUT2D eigenvalue weighted by molar-refractivity contribution is 7.10. The van der Waals surface area contributed by atoms with Gasteiger partial charge in [-0.1, -0.05) is 6.07 Å². The number of thiophene rings is 1. The topological polar surface area (TPSA) is 50.9 Å². The summed E-state index contributed by atoms with van der Waals surface area (Å²) in [7, 11) is 0. The van der Waals surface area contributed by atoms with E-state index in [2.05, 4.69) is 34.8 Å². The number of rotatable bonds is 3. The average molecular weight is 233 g/mol. The minimum Gasteiger partial charge on any atom is -0.271 e. The number of aryl methyl sites for hydroxylation is 2. The summed E-state index contributed by atoms with van der Waals surface area (Å²) in [6, 6.07) is 4.25. The van der Waals surface area contributed by atoms with Crippen LogP contribution in [0.3, 0.4) is 0 Å². The zero-order valence-electron chi connectivity index (χ0n) is 9.40. The standard InChI is InChI=1S/C12H15N3S/c1-8-5-10(7-14-6-8)11(15-13)12-9(2)3-4-16-12/h3-7,11,15H,13H2,1-2H3. The molecule has 2 heterocycles. The van der Waals surface area contributed by atoms with Crippen molar-refractivity contribution in [2.75, 3.05) is 0 Å². The van der Waals surface area contributed by atoms with Crippen LogP contribution in [0.15, 0.2) is 29.9 Å². The lowest BCUT2D eigenvalue weighted by Gasteiger charge is -2.16. The molecule has 0 spiro atoms. The van der Waals surface area contributed by atoms with Gasteiger partial charge in [-0.05, 0) is 42.0 Å². The van der Waals surface area contributed by atoms with Gasteiger partial charge in [0, 0.05) is 17.3 Å². The molecule has 0 saturated heterocycles. The van der Waals surface area contributed by atoms with E-state index >= 15 is 0 Å². The fourth-order valence-corrected chi connectivity index (χ4v) is 2.75. The minimum atomic E-state index is 0.0346. The molecular formula is C12H15N3S. The highest BCUT2D eigenvalue weighted by atomic mass is 32.1. The molecule has 16 heavy (non-hydrogen) atoms. The van der Waals surface area contributed by atoms with E-state index in [-0.39, 0.29) is 6.04 Å². The fourth-order valence-electron chi connectivity index (χ4n) is 1.74. The molecule has 0 bridgehead atoms. The number of hydrogen-bond acceptors (Lipinski definition) is 4. The van der Waals surface area contributed by atoms with Gasteiger partial charge in [-0.3, -0.25) is 10.8 Å². The first kappa shape index (κ1) is 11.3. The summed E-state index contributed by atoms with van der Waals surface area (Å²) in [5, 5.41) is 2.08. The molecule has 0 fully saturated rings. The second-order valence-corrected chi connectivity index (χ2v) is 4.81. The van der Waals surface area contributed by atoms with Crippen LogP contribution in [0.1, 0.15) is 27.6 Å². The predicted molar refractivity (Wildman–Crippen MR) is 67.2 cm³/mol. The zero-order valence-corrected chi connectivity index (χ0v) is 10.2. The van der Waals surface area contributed by atoms with Crippen LogP contribution < -0.4 is 11.3 Å². The lowest BCUT2D eigenvalue weighted by atomic mass is 10.0. The zero-order chi connectivity index (χ0) is 11.5.